The van der Waals surface area contributed by atoms with Gasteiger partial charge in [0.15, 0.2) is 4.34 Å². The molecule has 3 aromatic carbocycles. The lowest BCUT2D eigenvalue weighted by molar-refractivity contribution is -0.117. The first-order valence-electron chi connectivity index (χ1n) is 10.9. The van der Waals surface area contributed by atoms with E-state index in [-0.39, 0.29) is 16.9 Å². The number of hydrogen-bond acceptors (Lipinski definition) is 4. The summed E-state index contributed by atoms with van der Waals surface area (Å²) in [5, 5.41) is 0. The fourth-order valence-electron chi connectivity index (χ4n) is 5.15. The SMILES string of the molecule is CC1(c2ccc(Br)cc2)CC(C)(C)N(C(=O)CSc2nc3ccccc3s2)c2ccccc21. The van der Waals surface area contributed by atoms with E-state index in [2.05, 4.69) is 90.2 Å². The van der Waals surface area contributed by atoms with Gasteiger partial charge in [0, 0.05) is 21.1 Å². The smallest absolute Gasteiger partial charge is 0.237 e. The molecular weight excluding hydrogens is 512 g/mol. The van der Waals surface area contributed by atoms with Gasteiger partial charge in [-0.3, -0.25) is 4.79 Å². The van der Waals surface area contributed by atoms with Crippen LogP contribution in [0.2, 0.25) is 0 Å². The molecule has 4 aromatic rings. The highest BCUT2D eigenvalue weighted by Gasteiger charge is 2.47. The maximum absolute atomic E-state index is 13.6. The van der Waals surface area contributed by atoms with E-state index in [1.807, 2.05) is 29.2 Å². The zero-order valence-electron chi connectivity index (χ0n) is 18.8. The summed E-state index contributed by atoms with van der Waals surface area (Å²) in [7, 11) is 0. The summed E-state index contributed by atoms with van der Waals surface area (Å²) in [6.45, 7) is 6.66. The first kappa shape index (κ1) is 22.6. The number of rotatable bonds is 4. The normalized spacial score (nSPS) is 19.5. The Morgan fingerprint density at radius 1 is 1.03 bits per heavy atom. The van der Waals surface area contributed by atoms with Crippen molar-refractivity contribution in [3.05, 3.63) is 88.4 Å². The van der Waals surface area contributed by atoms with Crippen molar-refractivity contribution in [2.45, 2.75) is 42.5 Å². The molecule has 0 spiro atoms. The van der Waals surface area contributed by atoms with E-state index < -0.39 is 0 Å². The van der Waals surface area contributed by atoms with Crippen molar-refractivity contribution >= 4 is 60.8 Å². The molecule has 168 valence electrons. The van der Waals surface area contributed by atoms with Gasteiger partial charge in [0.05, 0.1) is 16.0 Å². The third kappa shape index (κ3) is 4.13. The summed E-state index contributed by atoms with van der Waals surface area (Å²) < 4.78 is 3.16. The van der Waals surface area contributed by atoms with Gasteiger partial charge in [-0.05, 0) is 61.7 Å². The summed E-state index contributed by atoms with van der Waals surface area (Å²) in [6, 6.07) is 25.1. The van der Waals surface area contributed by atoms with Gasteiger partial charge in [-0.2, -0.15) is 0 Å². The number of amides is 1. The van der Waals surface area contributed by atoms with E-state index in [4.69, 9.17) is 0 Å². The molecule has 6 heteroatoms. The predicted molar refractivity (Wildman–Crippen MR) is 144 cm³/mol. The fraction of sp³-hybridized carbons (Fsp3) is 0.259. The monoisotopic (exact) mass is 536 g/mol. The van der Waals surface area contributed by atoms with Crippen molar-refractivity contribution < 1.29 is 4.79 Å². The number of halogens is 1. The zero-order chi connectivity index (χ0) is 23.2. The Balaban J connectivity index is 1.47. The van der Waals surface area contributed by atoms with Crippen LogP contribution in [0, 0.1) is 0 Å². The maximum Gasteiger partial charge on any atom is 0.237 e. The molecule has 0 fully saturated rings. The van der Waals surface area contributed by atoms with E-state index in [9.17, 15) is 4.79 Å². The van der Waals surface area contributed by atoms with Crippen molar-refractivity contribution in [1.82, 2.24) is 4.98 Å². The Kier molecular flexibility index (Phi) is 5.88. The standard InChI is InChI=1S/C27H25BrN2OS2/c1-26(2)17-27(3,18-12-14-19(28)15-13-18)20-8-4-6-10-22(20)30(26)24(31)16-32-25-29-21-9-5-7-11-23(21)33-25/h4-15H,16-17H2,1-3H3. The van der Waals surface area contributed by atoms with E-state index in [0.717, 1.165) is 31.1 Å². The van der Waals surface area contributed by atoms with Gasteiger partial charge in [0.25, 0.3) is 0 Å². The van der Waals surface area contributed by atoms with Gasteiger partial charge in [0.1, 0.15) is 0 Å². The molecule has 1 amide bonds. The minimum absolute atomic E-state index is 0.120. The van der Waals surface area contributed by atoms with Crippen LogP contribution in [0.5, 0.6) is 0 Å². The molecule has 2 heterocycles. The Morgan fingerprint density at radius 3 is 2.48 bits per heavy atom. The molecule has 0 radical (unpaired) electrons. The average molecular weight is 538 g/mol. The molecule has 0 aliphatic carbocycles. The van der Waals surface area contributed by atoms with Crippen LogP contribution in [0.4, 0.5) is 5.69 Å². The van der Waals surface area contributed by atoms with Gasteiger partial charge < -0.3 is 4.90 Å². The molecule has 1 atom stereocenters. The lowest BCUT2D eigenvalue weighted by Crippen LogP contribution is -2.56. The highest BCUT2D eigenvalue weighted by Crippen LogP contribution is 2.50. The zero-order valence-corrected chi connectivity index (χ0v) is 22.1. The molecule has 0 saturated carbocycles. The summed E-state index contributed by atoms with van der Waals surface area (Å²) in [6.07, 6.45) is 0.843. The highest BCUT2D eigenvalue weighted by molar-refractivity contribution is 9.10. The molecule has 0 saturated heterocycles. The Hall–Kier alpha value is -2.15. The fourth-order valence-corrected chi connectivity index (χ4v) is 7.33. The topological polar surface area (TPSA) is 33.2 Å². The van der Waals surface area contributed by atoms with Crippen molar-refractivity contribution in [2.24, 2.45) is 0 Å². The van der Waals surface area contributed by atoms with Crippen molar-refractivity contribution in [2.75, 3.05) is 10.7 Å². The average Bonchev–Trinajstić information content (AvgIpc) is 3.20. The van der Waals surface area contributed by atoms with E-state index in [1.165, 1.54) is 22.9 Å². The van der Waals surface area contributed by atoms with Crippen LogP contribution in [0.15, 0.2) is 81.6 Å². The number of thiazole rings is 1. The summed E-state index contributed by atoms with van der Waals surface area (Å²) >= 11 is 6.74. The summed E-state index contributed by atoms with van der Waals surface area (Å²) in [5.74, 6) is 0.488. The van der Waals surface area contributed by atoms with E-state index in [1.54, 1.807) is 11.3 Å². The third-order valence-electron chi connectivity index (χ3n) is 6.46. The number of para-hydroxylation sites is 2. The Bertz CT molecular complexity index is 1300. The second kappa shape index (κ2) is 8.57. The molecule has 5 rings (SSSR count). The summed E-state index contributed by atoms with van der Waals surface area (Å²) in [4.78, 5) is 20.3. The molecule has 1 unspecified atom stereocenters. The van der Waals surface area contributed by atoms with Crippen molar-refractivity contribution in [3.8, 4) is 0 Å². The van der Waals surface area contributed by atoms with Crippen LogP contribution in [0.3, 0.4) is 0 Å². The lowest BCUT2D eigenvalue weighted by Gasteiger charge is -2.51. The number of thioether (sulfide) groups is 1. The molecular formula is C27H25BrN2OS2. The molecule has 0 N–H and O–H groups in total. The first-order valence-corrected chi connectivity index (χ1v) is 13.5. The second-order valence-electron chi connectivity index (χ2n) is 9.31. The number of carbonyl (C=O) groups excluding carboxylic acids is 1. The van der Waals surface area contributed by atoms with Crippen LogP contribution >= 0.6 is 39.0 Å². The quantitative estimate of drug-likeness (QED) is 0.251. The van der Waals surface area contributed by atoms with Crippen LogP contribution in [-0.2, 0) is 10.2 Å². The Morgan fingerprint density at radius 2 is 1.73 bits per heavy atom. The molecule has 0 bridgehead atoms. The first-order chi connectivity index (χ1) is 15.8. The van der Waals surface area contributed by atoms with Crippen LogP contribution in [0.25, 0.3) is 10.2 Å². The van der Waals surface area contributed by atoms with Gasteiger partial charge in [-0.15, -0.1) is 11.3 Å². The minimum Gasteiger partial charge on any atom is -0.306 e. The van der Waals surface area contributed by atoms with E-state index in [0.29, 0.717) is 5.75 Å². The molecule has 3 nitrogen and oxygen atoms in total. The predicted octanol–water partition coefficient (Wildman–Crippen LogP) is 7.67. The Labute approximate surface area is 211 Å². The molecule has 1 aliphatic heterocycles. The van der Waals surface area contributed by atoms with Gasteiger partial charge >= 0.3 is 0 Å². The lowest BCUT2D eigenvalue weighted by atomic mass is 9.65. The number of nitrogens with zero attached hydrogens (tertiary/aromatic N) is 2. The van der Waals surface area contributed by atoms with E-state index >= 15 is 0 Å². The van der Waals surface area contributed by atoms with Gasteiger partial charge in [-0.1, -0.05) is 77.1 Å². The van der Waals surface area contributed by atoms with Crippen LogP contribution < -0.4 is 4.90 Å². The number of hydrogen-bond donors (Lipinski definition) is 0. The number of benzene rings is 3. The molecule has 1 aromatic heterocycles. The second-order valence-corrected chi connectivity index (χ2v) is 12.5. The van der Waals surface area contributed by atoms with Crippen LogP contribution in [-0.4, -0.2) is 22.2 Å². The largest absolute Gasteiger partial charge is 0.306 e. The summed E-state index contributed by atoms with van der Waals surface area (Å²) in [5.41, 5.74) is 3.95. The van der Waals surface area contributed by atoms with Crippen LogP contribution in [0.1, 0.15) is 38.3 Å². The minimum atomic E-state index is -0.332. The van der Waals surface area contributed by atoms with Crippen molar-refractivity contribution in [1.29, 1.82) is 0 Å². The van der Waals surface area contributed by atoms with Gasteiger partial charge in [0.2, 0.25) is 5.91 Å². The highest BCUT2D eigenvalue weighted by atomic mass is 79.9. The maximum atomic E-state index is 13.6. The number of carbonyl (C=O) groups is 1. The number of fused-ring (bicyclic) bond motifs is 2. The van der Waals surface area contributed by atoms with Crippen molar-refractivity contribution in [3.63, 3.8) is 0 Å². The number of anilines is 1. The van der Waals surface area contributed by atoms with Gasteiger partial charge in [-0.25, -0.2) is 4.98 Å². The molecule has 33 heavy (non-hydrogen) atoms. The number of aromatic nitrogens is 1. The molecule has 1 aliphatic rings. The third-order valence-corrected chi connectivity index (χ3v) is 9.15.